The van der Waals surface area contributed by atoms with E-state index in [-0.39, 0.29) is 0 Å². The van der Waals surface area contributed by atoms with Crippen molar-refractivity contribution in [3.63, 3.8) is 0 Å². The van der Waals surface area contributed by atoms with Gasteiger partial charge in [0.2, 0.25) is 0 Å². The maximum absolute atomic E-state index is 4.28. The Hall–Kier alpha value is -1.26. The van der Waals surface area contributed by atoms with Gasteiger partial charge in [0.05, 0.1) is 0 Å². The molecule has 0 amide bonds. The van der Waals surface area contributed by atoms with Crippen LogP contribution < -0.4 is 5.32 Å². The molecule has 1 atom stereocenters. The summed E-state index contributed by atoms with van der Waals surface area (Å²) < 4.78 is 0. The second-order valence-corrected chi connectivity index (χ2v) is 6.08. The lowest BCUT2D eigenvalue weighted by Gasteiger charge is -2.21. The second kappa shape index (κ2) is 7.50. The van der Waals surface area contributed by atoms with Crippen molar-refractivity contribution in [2.45, 2.75) is 38.4 Å². The van der Waals surface area contributed by atoms with Crippen LogP contribution in [0.1, 0.15) is 36.1 Å². The number of hydrogen-bond donors (Lipinski definition) is 2. The van der Waals surface area contributed by atoms with Gasteiger partial charge in [-0.1, -0.05) is 42.4 Å². The monoisotopic (exact) mass is 289 g/mol. The van der Waals surface area contributed by atoms with Crippen LogP contribution in [0.2, 0.25) is 0 Å². The van der Waals surface area contributed by atoms with E-state index in [0.29, 0.717) is 6.04 Å². The molecule has 1 unspecified atom stereocenters. The molecule has 4 heteroatoms. The summed E-state index contributed by atoms with van der Waals surface area (Å²) in [7, 11) is 0. The first kappa shape index (κ1) is 15.1. The Morgan fingerprint density at radius 1 is 1.35 bits per heavy atom. The SMILES string of the molecule is CCCNC(CSc1ncc[nH]1)c1cc(C)ccc1C. The fourth-order valence-corrected chi connectivity index (χ4v) is 3.11. The van der Waals surface area contributed by atoms with Gasteiger partial charge < -0.3 is 10.3 Å². The molecule has 0 saturated heterocycles. The lowest BCUT2D eigenvalue weighted by atomic mass is 10.00. The molecule has 0 bridgehead atoms. The Morgan fingerprint density at radius 3 is 2.90 bits per heavy atom. The summed E-state index contributed by atoms with van der Waals surface area (Å²) in [5.74, 6) is 0.984. The fraction of sp³-hybridized carbons (Fsp3) is 0.438. The van der Waals surface area contributed by atoms with E-state index in [1.165, 1.54) is 16.7 Å². The van der Waals surface area contributed by atoms with Gasteiger partial charge >= 0.3 is 0 Å². The minimum Gasteiger partial charge on any atom is -0.340 e. The van der Waals surface area contributed by atoms with Crippen LogP contribution >= 0.6 is 11.8 Å². The number of thioether (sulfide) groups is 1. The molecule has 0 spiro atoms. The van der Waals surface area contributed by atoms with E-state index in [2.05, 4.69) is 54.3 Å². The Bertz CT molecular complexity index is 523. The highest BCUT2D eigenvalue weighted by Crippen LogP contribution is 2.25. The van der Waals surface area contributed by atoms with Crippen LogP contribution in [0.4, 0.5) is 0 Å². The first-order valence-corrected chi connectivity index (χ1v) is 8.12. The zero-order valence-corrected chi connectivity index (χ0v) is 13.3. The molecule has 0 fully saturated rings. The fourth-order valence-electron chi connectivity index (χ4n) is 2.20. The molecule has 1 aromatic carbocycles. The van der Waals surface area contributed by atoms with Gasteiger partial charge in [-0.15, -0.1) is 0 Å². The summed E-state index contributed by atoms with van der Waals surface area (Å²) >= 11 is 1.77. The average molecular weight is 289 g/mol. The summed E-state index contributed by atoms with van der Waals surface area (Å²) in [4.78, 5) is 7.43. The molecule has 0 saturated carbocycles. The topological polar surface area (TPSA) is 40.7 Å². The van der Waals surface area contributed by atoms with Crippen molar-refractivity contribution in [3.8, 4) is 0 Å². The minimum absolute atomic E-state index is 0.366. The van der Waals surface area contributed by atoms with Crippen LogP contribution in [-0.2, 0) is 0 Å². The Balaban J connectivity index is 2.11. The van der Waals surface area contributed by atoms with Crippen LogP contribution in [0.15, 0.2) is 35.7 Å². The number of benzene rings is 1. The zero-order valence-electron chi connectivity index (χ0n) is 12.4. The number of rotatable bonds is 7. The number of aryl methyl sites for hydroxylation is 2. The summed E-state index contributed by atoms with van der Waals surface area (Å²) in [6.45, 7) is 7.58. The number of imidazole rings is 1. The number of hydrogen-bond acceptors (Lipinski definition) is 3. The molecule has 0 aliphatic heterocycles. The van der Waals surface area contributed by atoms with Gasteiger partial charge in [0.15, 0.2) is 5.16 Å². The molecule has 0 aliphatic rings. The van der Waals surface area contributed by atoms with Crippen molar-refractivity contribution in [2.75, 3.05) is 12.3 Å². The first-order chi connectivity index (χ1) is 9.70. The van der Waals surface area contributed by atoms with E-state index < -0.39 is 0 Å². The van der Waals surface area contributed by atoms with E-state index in [9.17, 15) is 0 Å². The van der Waals surface area contributed by atoms with E-state index in [0.717, 1.165) is 23.9 Å². The number of aromatic nitrogens is 2. The van der Waals surface area contributed by atoms with Gasteiger partial charge in [-0.25, -0.2) is 4.98 Å². The van der Waals surface area contributed by atoms with Crippen LogP contribution in [0.25, 0.3) is 0 Å². The number of H-pyrrole nitrogens is 1. The van der Waals surface area contributed by atoms with Crippen LogP contribution in [0.5, 0.6) is 0 Å². The highest BCUT2D eigenvalue weighted by Gasteiger charge is 2.14. The molecule has 1 aromatic heterocycles. The largest absolute Gasteiger partial charge is 0.340 e. The van der Waals surface area contributed by atoms with E-state index in [4.69, 9.17) is 0 Å². The lowest BCUT2D eigenvalue weighted by Crippen LogP contribution is -2.25. The standard InChI is InChI=1S/C16H23N3S/c1-4-7-17-15(11-20-16-18-8-9-19-16)14-10-12(2)5-6-13(14)3/h5-6,8-10,15,17H,4,7,11H2,1-3H3,(H,18,19). The summed E-state index contributed by atoms with van der Waals surface area (Å²) in [6, 6.07) is 7.05. The molecule has 2 aromatic rings. The zero-order chi connectivity index (χ0) is 14.4. The first-order valence-electron chi connectivity index (χ1n) is 7.13. The highest BCUT2D eigenvalue weighted by molar-refractivity contribution is 7.99. The molecule has 2 N–H and O–H groups in total. The Morgan fingerprint density at radius 2 is 2.20 bits per heavy atom. The van der Waals surface area contributed by atoms with Gasteiger partial charge in [-0.2, -0.15) is 0 Å². The highest BCUT2D eigenvalue weighted by atomic mass is 32.2. The van der Waals surface area contributed by atoms with Crippen LogP contribution in [0, 0.1) is 13.8 Å². The van der Waals surface area contributed by atoms with Crippen molar-refractivity contribution in [2.24, 2.45) is 0 Å². The lowest BCUT2D eigenvalue weighted by molar-refractivity contribution is 0.574. The van der Waals surface area contributed by atoms with Gasteiger partial charge in [0.25, 0.3) is 0 Å². The third kappa shape index (κ3) is 4.12. The normalized spacial score (nSPS) is 12.6. The van der Waals surface area contributed by atoms with Crippen molar-refractivity contribution in [1.29, 1.82) is 0 Å². The molecular formula is C16H23N3S. The van der Waals surface area contributed by atoms with Crippen molar-refractivity contribution >= 4 is 11.8 Å². The van der Waals surface area contributed by atoms with Crippen LogP contribution in [0.3, 0.4) is 0 Å². The maximum atomic E-state index is 4.28. The molecule has 1 heterocycles. The van der Waals surface area contributed by atoms with Gasteiger partial charge in [-0.05, 0) is 37.9 Å². The molecule has 0 aliphatic carbocycles. The molecule has 20 heavy (non-hydrogen) atoms. The Labute approximate surface area is 125 Å². The van der Waals surface area contributed by atoms with E-state index in [1.807, 2.05) is 6.20 Å². The van der Waals surface area contributed by atoms with Crippen molar-refractivity contribution in [3.05, 3.63) is 47.3 Å². The summed E-state index contributed by atoms with van der Waals surface area (Å²) in [5, 5.41) is 4.64. The minimum atomic E-state index is 0.366. The number of nitrogens with one attached hydrogen (secondary N) is 2. The van der Waals surface area contributed by atoms with Crippen molar-refractivity contribution in [1.82, 2.24) is 15.3 Å². The molecule has 3 nitrogen and oxygen atoms in total. The molecule has 108 valence electrons. The third-order valence-electron chi connectivity index (χ3n) is 3.31. The maximum Gasteiger partial charge on any atom is 0.165 e. The second-order valence-electron chi connectivity index (χ2n) is 5.07. The quantitative estimate of drug-likeness (QED) is 0.760. The average Bonchev–Trinajstić information content (AvgIpc) is 2.95. The van der Waals surface area contributed by atoms with Gasteiger partial charge in [0, 0.05) is 24.2 Å². The van der Waals surface area contributed by atoms with Gasteiger partial charge in [-0.3, -0.25) is 0 Å². The van der Waals surface area contributed by atoms with Gasteiger partial charge in [0.1, 0.15) is 0 Å². The molecule has 0 radical (unpaired) electrons. The van der Waals surface area contributed by atoms with Crippen molar-refractivity contribution < 1.29 is 0 Å². The van der Waals surface area contributed by atoms with E-state index >= 15 is 0 Å². The van der Waals surface area contributed by atoms with E-state index in [1.54, 1.807) is 18.0 Å². The summed E-state index contributed by atoms with van der Waals surface area (Å²) in [6.07, 6.45) is 4.82. The van der Waals surface area contributed by atoms with Crippen LogP contribution in [-0.4, -0.2) is 22.3 Å². The predicted molar refractivity (Wildman–Crippen MR) is 86.3 cm³/mol. The number of aromatic amines is 1. The third-order valence-corrected chi connectivity index (χ3v) is 4.31. The predicted octanol–water partition coefficient (Wildman–Crippen LogP) is 3.86. The number of nitrogens with zero attached hydrogens (tertiary/aromatic N) is 1. The molecule has 2 rings (SSSR count). The molecular weight excluding hydrogens is 266 g/mol. The Kier molecular flexibility index (Phi) is 5.68. The smallest absolute Gasteiger partial charge is 0.165 e. The summed E-state index contributed by atoms with van der Waals surface area (Å²) in [5.41, 5.74) is 4.07.